The SMILES string of the molecule is O=C(NC1CCCCC1)C(Cc1ccccc1)N(Cc1cccc(Br)c1)C(=O)Cc1ccc(Cl)cc1. The van der Waals surface area contributed by atoms with Crippen molar-refractivity contribution in [3.05, 3.63) is 105 Å². The van der Waals surface area contributed by atoms with Gasteiger partial charge in [-0.3, -0.25) is 9.59 Å². The van der Waals surface area contributed by atoms with Gasteiger partial charge < -0.3 is 10.2 Å². The Morgan fingerprint density at radius 2 is 1.58 bits per heavy atom. The number of nitrogens with zero attached hydrogens (tertiary/aromatic N) is 1. The standard InChI is InChI=1S/C30H32BrClN2O2/c31-25-11-7-10-24(18-25)21-34(29(35)20-23-14-16-26(32)17-15-23)28(19-22-8-3-1-4-9-22)30(36)33-27-12-5-2-6-13-27/h1,3-4,7-11,14-18,27-28H,2,5-6,12-13,19-21H2,(H,33,36). The van der Waals surface area contributed by atoms with Crippen molar-refractivity contribution in [3.63, 3.8) is 0 Å². The minimum atomic E-state index is -0.617. The molecule has 3 aromatic rings. The van der Waals surface area contributed by atoms with Crippen LogP contribution in [-0.2, 0) is 29.0 Å². The lowest BCUT2D eigenvalue weighted by Gasteiger charge is -2.33. The predicted octanol–water partition coefficient (Wildman–Crippen LogP) is 6.73. The maximum absolute atomic E-state index is 13.8. The number of hydrogen-bond donors (Lipinski definition) is 1. The minimum Gasteiger partial charge on any atom is -0.352 e. The summed E-state index contributed by atoms with van der Waals surface area (Å²) >= 11 is 9.59. The molecule has 3 aromatic carbocycles. The van der Waals surface area contributed by atoms with Crippen LogP contribution in [0.4, 0.5) is 0 Å². The first-order valence-electron chi connectivity index (χ1n) is 12.6. The Kier molecular flexibility index (Phi) is 9.60. The van der Waals surface area contributed by atoms with E-state index in [4.69, 9.17) is 11.6 Å². The third kappa shape index (κ3) is 7.68. The first-order valence-corrected chi connectivity index (χ1v) is 13.8. The van der Waals surface area contributed by atoms with Crippen molar-refractivity contribution < 1.29 is 9.59 Å². The molecule has 6 heteroatoms. The zero-order chi connectivity index (χ0) is 25.3. The van der Waals surface area contributed by atoms with E-state index in [1.807, 2.05) is 66.7 Å². The molecule has 1 aliphatic rings. The first-order chi connectivity index (χ1) is 17.5. The predicted molar refractivity (Wildman–Crippen MR) is 149 cm³/mol. The summed E-state index contributed by atoms with van der Waals surface area (Å²) in [6.07, 6.45) is 6.13. The summed E-state index contributed by atoms with van der Waals surface area (Å²) in [5.74, 6) is -0.165. The number of halogens is 2. The Balaban J connectivity index is 1.65. The van der Waals surface area contributed by atoms with Crippen molar-refractivity contribution in [2.75, 3.05) is 0 Å². The molecule has 0 aromatic heterocycles. The van der Waals surface area contributed by atoms with Gasteiger partial charge in [-0.05, 0) is 53.8 Å². The van der Waals surface area contributed by atoms with Crippen molar-refractivity contribution >= 4 is 39.3 Å². The Morgan fingerprint density at radius 1 is 0.889 bits per heavy atom. The number of carbonyl (C=O) groups excluding carboxylic acids is 2. The van der Waals surface area contributed by atoms with E-state index in [0.29, 0.717) is 18.0 Å². The molecule has 4 rings (SSSR count). The van der Waals surface area contributed by atoms with Crippen LogP contribution in [0.3, 0.4) is 0 Å². The number of rotatable bonds is 9. The largest absolute Gasteiger partial charge is 0.352 e. The van der Waals surface area contributed by atoms with E-state index in [-0.39, 0.29) is 24.3 Å². The van der Waals surface area contributed by atoms with Crippen LogP contribution in [0.5, 0.6) is 0 Å². The fraction of sp³-hybridized carbons (Fsp3) is 0.333. The second kappa shape index (κ2) is 13.1. The molecule has 4 nitrogen and oxygen atoms in total. The Bertz CT molecular complexity index is 1150. The molecule has 2 amide bonds. The summed E-state index contributed by atoms with van der Waals surface area (Å²) in [4.78, 5) is 29.4. The maximum atomic E-state index is 13.8. The van der Waals surface area contributed by atoms with Crippen LogP contribution in [0.2, 0.25) is 5.02 Å². The molecule has 1 atom stereocenters. The van der Waals surface area contributed by atoms with Gasteiger partial charge >= 0.3 is 0 Å². The normalized spacial score (nSPS) is 14.7. The van der Waals surface area contributed by atoms with Crippen LogP contribution in [-0.4, -0.2) is 28.8 Å². The first kappa shape index (κ1) is 26.4. The summed E-state index contributed by atoms with van der Waals surface area (Å²) in [7, 11) is 0. The molecule has 0 heterocycles. The van der Waals surface area contributed by atoms with Crippen molar-refractivity contribution in [2.24, 2.45) is 0 Å². The molecule has 0 bridgehead atoms. The van der Waals surface area contributed by atoms with E-state index in [2.05, 4.69) is 21.2 Å². The number of benzene rings is 3. The minimum absolute atomic E-state index is 0.0785. The monoisotopic (exact) mass is 566 g/mol. The molecule has 1 saturated carbocycles. The Hall–Kier alpha value is -2.63. The second-order valence-corrected chi connectivity index (χ2v) is 10.9. The van der Waals surface area contributed by atoms with Gasteiger partial charge in [0, 0.05) is 28.5 Å². The van der Waals surface area contributed by atoms with Gasteiger partial charge in [-0.25, -0.2) is 0 Å². The molecule has 1 N–H and O–H groups in total. The van der Waals surface area contributed by atoms with Crippen LogP contribution in [0.15, 0.2) is 83.3 Å². The summed E-state index contributed by atoms with van der Waals surface area (Å²) < 4.78 is 0.941. The van der Waals surface area contributed by atoms with Crippen LogP contribution in [0.25, 0.3) is 0 Å². The number of carbonyl (C=O) groups is 2. The van der Waals surface area contributed by atoms with E-state index in [0.717, 1.165) is 46.8 Å². The average Bonchev–Trinajstić information content (AvgIpc) is 2.88. The summed E-state index contributed by atoms with van der Waals surface area (Å²) in [6, 6.07) is 24.7. The molecular formula is C30H32BrClN2O2. The zero-order valence-corrected chi connectivity index (χ0v) is 22.7. The highest BCUT2D eigenvalue weighted by atomic mass is 79.9. The van der Waals surface area contributed by atoms with E-state index in [9.17, 15) is 9.59 Å². The van der Waals surface area contributed by atoms with Crippen LogP contribution < -0.4 is 5.32 Å². The van der Waals surface area contributed by atoms with Gasteiger partial charge in [0.1, 0.15) is 6.04 Å². The molecule has 0 radical (unpaired) electrons. The fourth-order valence-corrected chi connectivity index (χ4v) is 5.38. The summed E-state index contributed by atoms with van der Waals surface area (Å²) in [5, 5.41) is 3.91. The van der Waals surface area contributed by atoms with Crippen LogP contribution in [0, 0.1) is 0 Å². The van der Waals surface area contributed by atoms with Gasteiger partial charge in [0.25, 0.3) is 0 Å². The van der Waals surface area contributed by atoms with Crippen molar-refractivity contribution in [1.29, 1.82) is 0 Å². The van der Waals surface area contributed by atoms with E-state index < -0.39 is 6.04 Å². The summed E-state index contributed by atoms with van der Waals surface area (Å²) in [5.41, 5.74) is 2.87. The Morgan fingerprint density at radius 3 is 2.28 bits per heavy atom. The van der Waals surface area contributed by atoms with Gasteiger partial charge in [0.2, 0.25) is 11.8 Å². The van der Waals surface area contributed by atoms with Crippen LogP contribution >= 0.6 is 27.5 Å². The quantitative estimate of drug-likeness (QED) is 0.312. The molecular weight excluding hydrogens is 536 g/mol. The molecule has 188 valence electrons. The topological polar surface area (TPSA) is 49.4 Å². The van der Waals surface area contributed by atoms with Gasteiger partial charge in [0.05, 0.1) is 6.42 Å². The van der Waals surface area contributed by atoms with Gasteiger partial charge in [0.15, 0.2) is 0 Å². The fourth-order valence-electron chi connectivity index (χ4n) is 4.81. The third-order valence-corrected chi connectivity index (χ3v) is 7.48. The average molecular weight is 568 g/mol. The lowest BCUT2D eigenvalue weighted by Crippen LogP contribution is -2.53. The number of nitrogens with one attached hydrogen (secondary N) is 1. The maximum Gasteiger partial charge on any atom is 0.243 e. The van der Waals surface area contributed by atoms with Gasteiger partial charge in [-0.2, -0.15) is 0 Å². The molecule has 1 aliphatic carbocycles. The van der Waals surface area contributed by atoms with Crippen molar-refractivity contribution in [2.45, 2.75) is 63.6 Å². The Labute approximate surface area is 227 Å². The number of amides is 2. The molecule has 36 heavy (non-hydrogen) atoms. The van der Waals surface area contributed by atoms with Gasteiger partial charge in [-0.15, -0.1) is 0 Å². The highest BCUT2D eigenvalue weighted by Gasteiger charge is 2.32. The molecule has 0 saturated heterocycles. The molecule has 0 aliphatic heterocycles. The van der Waals surface area contributed by atoms with Crippen molar-refractivity contribution in [3.8, 4) is 0 Å². The smallest absolute Gasteiger partial charge is 0.243 e. The van der Waals surface area contributed by atoms with Gasteiger partial charge in [-0.1, -0.05) is 101 Å². The van der Waals surface area contributed by atoms with Crippen LogP contribution in [0.1, 0.15) is 48.8 Å². The molecule has 1 unspecified atom stereocenters. The molecule has 0 spiro atoms. The summed E-state index contributed by atoms with van der Waals surface area (Å²) in [6.45, 7) is 0.349. The highest BCUT2D eigenvalue weighted by molar-refractivity contribution is 9.10. The number of hydrogen-bond acceptors (Lipinski definition) is 2. The zero-order valence-electron chi connectivity index (χ0n) is 20.3. The van der Waals surface area contributed by atoms with Crippen molar-refractivity contribution in [1.82, 2.24) is 10.2 Å². The molecule has 1 fully saturated rings. The van der Waals surface area contributed by atoms with E-state index >= 15 is 0 Å². The lowest BCUT2D eigenvalue weighted by molar-refractivity contribution is -0.141. The second-order valence-electron chi connectivity index (χ2n) is 9.50. The highest BCUT2D eigenvalue weighted by Crippen LogP contribution is 2.22. The van der Waals surface area contributed by atoms with E-state index in [1.165, 1.54) is 6.42 Å². The lowest BCUT2D eigenvalue weighted by atomic mass is 9.94. The van der Waals surface area contributed by atoms with E-state index in [1.54, 1.807) is 17.0 Å². The third-order valence-electron chi connectivity index (χ3n) is 6.73.